The van der Waals surface area contributed by atoms with Crippen LogP contribution in [0.15, 0.2) is 18.2 Å². The van der Waals surface area contributed by atoms with Crippen molar-refractivity contribution in [1.82, 2.24) is 0 Å². The lowest BCUT2D eigenvalue weighted by molar-refractivity contribution is -0.300. The van der Waals surface area contributed by atoms with Gasteiger partial charge in [0.2, 0.25) is 0 Å². The first-order valence-electron chi connectivity index (χ1n) is 6.87. The maximum atomic E-state index is 9.78. The van der Waals surface area contributed by atoms with E-state index in [1.54, 1.807) is 6.07 Å². The van der Waals surface area contributed by atoms with E-state index in [1.165, 1.54) is 12.1 Å². The van der Waals surface area contributed by atoms with Crippen molar-refractivity contribution in [2.24, 2.45) is 0 Å². The van der Waals surface area contributed by atoms with Crippen molar-refractivity contribution >= 4 is 0 Å². The standard InChI is InChI=1S/C14H20O8/c15-6-10-11(18)12(19)13(20)14(22-10)21-4-3-7-1-2-8(16)9(17)5-7/h1-2,5,10-20H,3-4,6H2/t10-,11-,12+,13-,14-/m0/s1. The number of ether oxygens (including phenoxy) is 2. The van der Waals surface area contributed by atoms with Crippen LogP contribution < -0.4 is 0 Å². The monoisotopic (exact) mass is 316 g/mol. The number of hydrogen-bond donors (Lipinski definition) is 6. The summed E-state index contributed by atoms with van der Waals surface area (Å²) < 4.78 is 10.5. The fraction of sp³-hybridized carbons (Fsp3) is 0.571. The quantitative estimate of drug-likeness (QED) is 0.359. The molecular formula is C14H20O8. The first-order chi connectivity index (χ1) is 10.4. The van der Waals surface area contributed by atoms with Crippen LogP contribution in [0.1, 0.15) is 5.56 Å². The van der Waals surface area contributed by atoms with Crippen LogP contribution in [0.3, 0.4) is 0 Å². The molecular weight excluding hydrogens is 296 g/mol. The first kappa shape index (κ1) is 16.9. The predicted octanol–water partition coefficient (Wildman–Crippen LogP) is -1.54. The van der Waals surface area contributed by atoms with Gasteiger partial charge in [0, 0.05) is 0 Å². The number of benzene rings is 1. The number of rotatable bonds is 5. The Morgan fingerprint density at radius 3 is 2.36 bits per heavy atom. The van der Waals surface area contributed by atoms with Gasteiger partial charge >= 0.3 is 0 Å². The summed E-state index contributed by atoms with van der Waals surface area (Å²) in [6.45, 7) is -0.413. The second-order valence-corrected chi connectivity index (χ2v) is 5.14. The molecule has 124 valence electrons. The number of aliphatic hydroxyl groups is 4. The van der Waals surface area contributed by atoms with E-state index < -0.39 is 37.3 Å². The Kier molecular flexibility index (Phi) is 5.57. The molecule has 1 fully saturated rings. The van der Waals surface area contributed by atoms with Gasteiger partial charge in [-0.05, 0) is 24.1 Å². The molecule has 0 unspecified atom stereocenters. The predicted molar refractivity (Wildman–Crippen MR) is 73.2 cm³/mol. The molecule has 0 bridgehead atoms. The average Bonchev–Trinajstić information content (AvgIpc) is 2.51. The Hall–Kier alpha value is -1.42. The molecule has 0 radical (unpaired) electrons. The first-order valence-corrected chi connectivity index (χ1v) is 6.87. The molecule has 0 saturated carbocycles. The normalized spacial score (nSPS) is 32.1. The highest BCUT2D eigenvalue weighted by atomic mass is 16.7. The van der Waals surface area contributed by atoms with Gasteiger partial charge in [-0.2, -0.15) is 0 Å². The average molecular weight is 316 g/mol. The zero-order valence-corrected chi connectivity index (χ0v) is 11.7. The Labute approximate surface area is 126 Å². The van der Waals surface area contributed by atoms with Gasteiger partial charge in [-0.1, -0.05) is 6.07 Å². The van der Waals surface area contributed by atoms with E-state index in [4.69, 9.17) is 14.6 Å². The summed E-state index contributed by atoms with van der Waals surface area (Å²) in [7, 11) is 0. The topological polar surface area (TPSA) is 140 Å². The van der Waals surface area contributed by atoms with Crippen LogP contribution in [-0.4, -0.2) is 74.6 Å². The molecule has 1 aromatic rings. The molecule has 22 heavy (non-hydrogen) atoms. The third-order valence-corrected chi connectivity index (χ3v) is 3.56. The van der Waals surface area contributed by atoms with E-state index >= 15 is 0 Å². The number of phenols is 2. The van der Waals surface area contributed by atoms with Gasteiger partial charge in [-0.3, -0.25) is 0 Å². The molecule has 8 nitrogen and oxygen atoms in total. The van der Waals surface area contributed by atoms with Crippen LogP contribution in [-0.2, 0) is 15.9 Å². The van der Waals surface area contributed by atoms with Gasteiger partial charge in [-0.25, -0.2) is 0 Å². The van der Waals surface area contributed by atoms with Crippen molar-refractivity contribution in [3.05, 3.63) is 23.8 Å². The Bertz CT molecular complexity index is 492. The molecule has 1 saturated heterocycles. The van der Waals surface area contributed by atoms with E-state index in [0.29, 0.717) is 12.0 Å². The zero-order chi connectivity index (χ0) is 16.3. The lowest BCUT2D eigenvalue weighted by Crippen LogP contribution is -2.59. The Morgan fingerprint density at radius 1 is 1.00 bits per heavy atom. The SMILES string of the molecule is OC[C@@H]1O[C@H](OCCc2ccc(O)c(O)c2)[C@@H](O)[C@H](O)[C@H]1O. The minimum atomic E-state index is -1.48. The fourth-order valence-electron chi connectivity index (χ4n) is 2.22. The number of hydrogen-bond acceptors (Lipinski definition) is 8. The van der Waals surface area contributed by atoms with Crippen LogP contribution in [0.5, 0.6) is 11.5 Å². The zero-order valence-electron chi connectivity index (χ0n) is 11.7. The summed E-state index contributed by atoms with van der Waals surface area (Å²) in [5.74, 6) is -0.469. The van der Waals surface area contributed by atoms with E-state index in [-0.39, 0.29) is 18.1 Å². The van der Waals surface area contributed by atoms with Crippen molar-refractivity contribution in [3.63, 3.8) is 0 Å². The maximum absolute atomic E-state index is 9.78. The minimum Gasteiger partial charge on any atom is -0.504 e. The second kappa shape index (κ2) is 7.23. The van der Waals surface area contributed by atoms with Crippen molar-refractivity contribution in [2.75, 3.05) is 13.2 Å². The van der Waals surface area contributed by atoms with E-state index in [9.17, 15) is 25.5 Å². The molecule has 6 N–H and O–H groups in total. The molecule has 1 aliphatic rings. The summed E-state index contributed by atoms with van der Waals surface area (Å²) in [5, 5.41) is 56.7. The highest BCUT2D eigenvalue weighted by molar-refractivity contribution is 5.40. The molecule has 0 amide bonds. The maximum Gasteiger partial charge on any atom is 0.186 e. The lowest BCUT2D eigenvalue weighted by atomic mass is 9.99. The van der Waals surface area contributed by atoms with Gasteiger partial charge in [0.05, 0.1) is 13.2 Å². The highest BCUT2D eigenvalue weighted by Gasteiger charge is 2.43. The largest absolute Gasteiger partial charge is 0.504 e. The molecule has 0 spiro atoms. The molecule has 8 heteroatoms. The molecule has 0 aliphatic carbocycles. The number of aromatic hydroxyl groups is 2. The summed E-state index contributed by atoms with van der Waals surface area (Å²) >= 11 is 0. The van der Waals surface area contributed by atoms with Crippen LogP contribution in [0.2, 0.25) is 0 Å². The van der Waals surface area contributed by atoms with Crippen LogP contribution in [0.25, 0.3) is 0 Å². The molecule has 1 heterocycles. The molecule has 1 aromatic carbocycles. The summed E-state index contributed by atoms with van der Waals surface area (Å²) in [6.07, 6.45) is -6.17. The third kappa shape index (κ3) is 3.67. The molecule has 5 atom stereocenters. The van der Waals surface area contributed by atoms with E-state index in [2.05, 4.69) is 0 Å². The second-order valence-electron chi connectivity index (χ2n) is 5.14. The Morgan fingerprint density at radius 2 is 1.73 bits per heavy atom. The third-order valence-electron chi connectivity index (χ3n) is 3.56. The lowest BCUT2D eigenvalue weighted by Gasteiger charge is -2.39. The minimum absolute atomic E-state index is 0.104. The van der Waals surface area contributed by atoms with Gasteiger partial charge < -0.3 is 40.1 Å². The number of aliphatic hydroxyl groups excluding tert-OH is 4. The molecule has 0 aromatic heterocycles. The molecule has 2 rings (SSSR count). The van der Waals surface area contributed by atoms with E-state index in [1.807, 2.05) is 0 Å². The summed E-state index contributed by atoms with van der Waals surface area (Å²) in [5.41, 5.74) is 0.694. The smallest absolute Gasteiger partial charge is 0.186 e. The van der Waals surface area contributed by atoms with Crippen LogP contribution in [0, 0.1) is 0 Å². The van der Waals surface area contributed by atoms with Gasteiger partial charge in [-0.15, -0.1) is 0 Å². The van der Waals surface area contributed by atoms with Crippen molar-refractivity contribution in [3.8, 4) is 11.5 Å². The summed E-state index contributed by atoms with van der Waals surface area (Å²) in [6, 6.07) is 4.33. The van der Waals surface area contributed by atoms with Gasteiger partial charge in [0.15, 0.2) is 17.8 Å². The van der Waals surface area contributed by atoms with Crippen LogP contribution >= 0.6 is 0 Å². The van der Waals surface area contributed by atoms with E-state index in [0.717, 1.165) is 0 Å². The highest BCUT2D eigenvalue weighted by Crippen LogP contribution is 2.25. The fourth-order valence-corrected chi connectivity index (χ4v) is 2.22. The van der Waals surface area contributed by atoms with Crippen molar-refractivity contribution < 1.29 is 40.1 Å². The molecule has 1 aliphatic heterocycles. The van der Waals surface area contributed by atoms with Crippen LogP contribution in [0.4, 0.5) is 0 Å². The number of phenolic OH excluding ortho intramolecular Hbond substituents is 2. The van der Waals surface area contributed by atoms with Crippen molar-refractivity contribution in [2.45, 2.75) is 37.1 Å². The van der Waals surface area contributed by atoms with Gasteiger partial charge in [0.25, 0.3) is 0 Å². The Balaban J connectivity index is 1.88. The summed E-state index contributed by atoms with van der Waals surface area (Å²) in [4.78, 5) is 0. The van der Waals surface area contributed by atoms with Crippen molar-refractivity contribution in [1.29, 1.82) is 0 Å². The van der Waals surface area contributed by atoms with Gasteiger partial charge in [0.1, 0.15) is 24.4 Å².